The number of hydrogen-bond acceptors (Lipinski definition) is 5. The minimum absolute atomic E-state index is 0.0442. The summed E-state index contributed by atoms with van der Waals surface area (Å²) < 4.78 is 27.1. The molecule has 8 heteroatoms. The van der Waals surface area contributed by atoms with Gasteiger partial charge in [0.1, 0.15) is 11.1 Å². The van der Waals surface area contributed by atoms with Gasteiger partial charge in [-0.3, -0.25) is 4.79 Å². The van der Waals surface area contributed by atoms with Crippen molar-refractivity contribution in [3.63, 3.8) is 0 Å². The highest BCUT2D eigenvalue weighted by molar-refractivity contribution is 7.89. The van der Waals surface area contributed by atoms with Crippen molar-refractivity contribution in [3.8, 4) is 6.07 Å². The van der Waals surface area contributed by atoms with E-state index in [0.29, 0.717) is 16.1 Å². The number of amides is 1. The molecule has 0 bridgehead atoms. The molecule has 6 nitrogen and oxygen atoms in total. The van der Waals surface area contributed by atoms with E-state index in [1.54, 1.807) is 7.05 Å². The van der Waals surface area contributed by atoms with Crippen molar-refractivity contribution in [1.29, 1.82) is 5.26 Å². The Kier molecular flexibility index (Phi) is 5.89. The summed E-state index contributed by atoms with van der Waals surface area (Å²) in [5.74, 6) is -0.370. The van der Waals surface area contributed by atoms with Crippen LogP contribution in [-0.2, 0) is 10.0 Å². The van der Waals surface area contributed by atoms with Crippen LogP contribution in [0.5, 0.6) is 0 Å². The summed E-state index contributed by atoms with van der Waals surface area (Å²) in [6.07, 6.45) is 3.88. The quantitative estimate of drug-likeness (QED) is 0.794. The first kappa shape index (κ1) is 20.5. The van der Waals surface area contributed by atoms with Gasteiger partial charge >= 0.3 is 0 Å². The van der Waals surface area contributed by atoms with Gasteiger partial charge in [-0.25, -0.2) is 8.42 Å². The number of benzene rings is 1. The molecule has 1 fully saturated rings. The van der Waals surface area contributed by atoms with Crippen LogP contribution in [0, 0.1) is 25.2 Å². The fourth-order valence-corrected chi connectivity index (χ4v) is 5.86. The van der Waals surface area contributed by atoms with Crippen molar-refractivity contribution < 1.29 is 13.2 Å². The van der Waals surface area contributed by atoms with Crippen molar-refractivity contribution in [2.24, 2.45) is 0 Å². The zero-order chi connectivity index (χ0) is 20.5. The van der Waals surface area contributed by atoms with Gasteiger partial charge in [-0.1, -0.05) is 12.8 Å². The molecule has 0 saturated heterocycles. The highest BCUT2D eigenvalue weighted by Crippen LogP contribution is 2.32. The fraction of sp³-hybridized carbons (Fsp3) is 0.400. The SMILES string of the molecule is Cc1sc(NC(=O)c2ccc(S(=O)(=O)N(C)C3CCCC3)cc2)c(C#N)c1C. The molecule has 1 saturated carbocycles. The van der Waals surface area contributed by atoms with E-state index in [0.717, 1.165) is 36.1 Å². The molecule has 0 radical (unpaired) electrons. The lowest BCUT2D eigenvalue weighted by Gasteiger charge is -2.23. The van der Waals surface area contributed by atoms with Gasteiger partial charge in [0.15, 0.2) is 0 Å². The average Bonchev–Trinajstić information content (AvgIpc) is 3.30. The van der Waals surface area contributed by atoms with Crippen LogP contribution in [0.1, 0.15) is 52.0 Å². The summed E-state index contributed by atoms with van der Waals surface area (Å²) >= 11 is 1.36. The minimum atomic E-state index is -3.58. The van der Waals surface area contributed by atoms with Crippen LogP contribution in [0.2, 0.25) is 0 Å². The third kappa shape index (κ3) is 3.83. The molecule has 1 aliphatic carbocycles. The van der Waals surface area contributed by atoms with E-state index in [1.807, 2.05) is 13.8 Å². The van der Waals surface area contributed by atoms with Gasteiger partial charge in [0.25, 0.3) is 5.91 Å². The molecule has 2 aromatic rings. The molecular weight excluding hydrogens is 394 g/mol. The van der Waals surface area contributed by atoms with Gasteiger partial charge in [-0.05, 0) is 56.5 Å². The van der Waals surface area contributed by atoms with Crippen LogP contribution in [-0.4, -0.2) is 31.7 Å². The Labute approximate surface area is 169 Å². The number of aryl methyl sites for hydroxylation is 1. The maximum absolute atomic E-state index is 12.8. The molecule has 1 aromatic carbocycles. The molecule has 1 amide bonds. The number of nitrogens with one attached hydrogen (secondary N) is 1. The molecule has 1 heterocycles. The van der Waals surface area contributed by atoms with Crippen molar-refractivity contribution in [2.75, 3.05) is 12.4 Å². The van der Waals surface area contributed by atoms with E-state index in [4.69, 9.17) is 0 Å². The lowest BCUT2D eigenvalue weighted by molar-refractivity contribution is 0.102. The number of carbonyl (C=O) groups excluding carboxylic acids is 1. The van der Waals surface area contributed by atoms with Crippen molar-refractivity contribution in [2.45, 2.75) is 50.5 Å². The highest BCUT2D eigenvalue weighted by atomic mass is 32.2. The third-order valence-corrected chi connectivity index (χ3v) is 8.40. The first-order valence-electron chi connectivity index (χ1n) is 9.15. The van der Waals surface area contributed by atoms with Crippen LogP contribution in [0.15, 0.2) is 29.2 Å². The Morgan fingerprint density at radius 3 is 2.39 bits per heavy atom. The molecule has 1 aromatic heterocycles. The van der Waals surface area contributed by atoms with Gasteiger partial charge in [0, 0.05) is 23.5 Å². The van der Waals surface area contributed by atoms with E-state index in [9.17, 15) is 18.5 Å². The smallest absolute Gasteiger partial charge is 0.256 e. The standard InChI is InChI=1S/C20H23N3O3S2/c1-13-14(2)27-20(18(13)12-21)22-19(24)15-8-10-17(11-9-15)28(25,26)23(3)16-6-4-5-7-16/h8-11,16H,4-7H2,1-3H3,(H,22,24). The number of anilines is 1. The van der Waals surface area contributed by atoms with Crippen LogP contribution in [0.25, 0.3) is 0 Å². The molecule has 0 atom stereocenters. The summed E-state index contributed by atoms with van der Waals surface area (Å²) in [5, 5.41) is 12.6. The Bertz CT molecular complexity index is 1030. The molecule has 0 aliphatic heterocycles. The van der Waals surface area contributed by atoms with Crippen LogP contribution < -0.4 is 5.32 Å². The van der Waals surface area contributed by atoms with Gasteiger partial charge in [0.2, 0.25) is 10.0 Å². The summed E-state index contributed by atoms with van der Waals surface area (Å²) in [6.45, 7) is 3.75. The molecule has 0 unspecified atom stereocenters. The Morgan fingerprint density at radius 1 is 1.21 bits per heavy atom. The number of nitrogens with zero attached hydrogens (tertiary/aromatic N) is 2. The van der Waals surface area contributed by atoms with E-state index < -0.39 is 10.0 Å². The van der Waals surface area contributed by atoms with E-state index in [1.165, 1.54) is 39.9 Å². The van der Waals surface area contributed by atoms with Crippen LogP contribution in [0.4, 0.5) is 5.00 Å². The average molecular weight is 418 g/mol. The molecular formula is C20H23N3O3S2. The second kappa shape index (κ2) is 8.03. The Balaban J connectivity index is 1.78. The van der Waals surface area contributed by atoms with Crippen LogP contribution in [0.3, 0.4) is 0 Å². The number of thiophene rings is 1. The number of nitriles is 1. The number of rotatable bonds is 5. The van der Waals surface area contributed by atoms with E-state index in [2.05, 4.69) is 11.4 Å². The number of sulfonamides is 1. The first-order chi connectivity index (χ1) is 13.3. The summed E-state index contributed by atoms with van der Waals surface area (Å²) in [5.41, 5.74) is 1.67. The highest BCUT2D eigenvalue weighted by Gasteiger charge is 2.30. The maximum Gasteiger partial charge on any atom is 0.256 e. The van der Waals surface area contributed by atoms with Gasteiger partial charge in [0.05, 0.1) is 10.5 Å². The van der Waals surface area contributed by atoms with Crippen molar-refractivity contribution in [3.05, 3.63) is 45.8 Å². The summed E-state index contributed by atoms with van der Waals surface area (Å²) in [7, 11) is -1.95. The predicted molar refractivity (Wildman–Crippen MR) is 110 cm³/mol. The van der Waals surface area contributed by atoms with E-state index in [-0.39, 0.29) is 16.8 Å². The molecule has 28 heavy (non-hydrogen) atoms. The lowest BCUT2D eigenvalue weighted by atomic mass is 10.2. The first-order valence-corrected chi connectivity index (χ1v) is 11.4. The van der Waals surface area contributed by atoms with Gasteiger partial charge < -0.3 is 5.32 Å². The largest absolute Gasteiger partial charge is 0.312 e. The number of hydrogen-bond donors (Lipinski definition) is 1. The third-order valence-electron chi connectivity index (χ3n) is 5.36. The topological polar surface area (TPSA) is 90.3 Å². The van der Waals surface area contributed by atoms with Crippen molar-refractivity contribution >= 4 is 32.3 Å². The van der Waals surface area contributed by atoms with Crippen LogP contribution >= 0.6 is 11.3 Å². The Morgan fingerprint density at radius 2 is 1.82 bits per heavy atom. The summed E-state index contributed by atoms with van der Waals surface area (Å²) in [4.78, 5) is 13.7. The summed E-state index contributed by atoms with van der Waals surface area (Å²) in [6, 6.07) is 8.10. The van der Waals surface area contributed by atoms with Gasteiger partial charge in [-0.2, -0.15) is 9.57 Å². The fourth-order valence-electron chi connectivity index (χ4n) is 3.43. The molecule has 3 rings (SSSR count). The molecule has 148 valence electrons. The second-order valence-electron chi connectivity index (χ2n) is 7.04. The monoisotopic (exact) mass is 417 g/mol. The zero-order valence-corrected chi connectivity index (χ0v) is 17.8. The second-order valence-corrected chi connectivity index (χ2v) is 10.3. The molecule has 0 spiro atoms. The number of carbonyl (C=O) groups is 1. The predicted octanol–water partition coefficient (Wildman–Crippen LogP) is 4.05. The normalized spacial score (nSPS) is 15.0. The van der Waals surface area contributed by atoms with Gasteiger partial charge in [-0.15, -0.1) is 11.3 Å². The minimum Gasteiger partial charge on any atom is -0.312 e. The lowest BCUT2D eigenvalue weighted by Crippen LogP contribution is -2.35. The molecule has 1 N–H and O–H groups in total. The van der Waals surface area contributed by atoms with E-state index >= 15 is 0 Å². The zero-order valence-electron chi connectivity index (χ0n) is 16.2. The Hall–Kier alpha value is -2.21. The molecule has 1 aliphatic rings. The maximum atomic E-state index is 12.8. The van der Waals surface area contributed by atoms with Crippen molar-refractivity contribution in [1.82, 2.24) is 4.31 Å².